The molecule has 1 unspecified atom stereocenters. The van der Waals surface area contributed by atoms with Gasteiger partial charge in [0.25, 0.3) is 0 Å². The number of aliphatic hydroxyl groups excluding tert-OH is 1. The van der Waals surface area contributed by atoms with Crippen LogP contribution in [0.15, 0.2) is 36.4 Å². The van der Waals surface area contributed by atoms with Crippen molar-refractivity contribution in [1.29, 1.82) is 0 Å². The van der Waals surface area contributed by atoms with Crippen LogP contribution in [0.1, 0.15) is 56.6 Å². The molecule has 0 bridgehead atoms. The number of rotatable bonds is 11. The summed E-state index contributed by atoms with van der Waals surface area (Å²) in [5.74, 6) is 0.0797. The van der Waals surface area contributed by atoms with E-state index in [0.29, 0.717) is 25.1 Å². The average molecular weight is 375 g/mol. The van der Waals surface area contributed by atoms with Crippen molar-refractivity contribution in [1.82, 2.24) is 4.90 Å². The number of nitrogens with zero attached hydrogens (tertiary/aromatic N) is 1. The standard InChI is InChI=1S/C21H29NO5/c1-27-18-8-6-7-16(15-18)19(23)12-10-17-11-13-20(24)22(17)14-5-3-2-4-9-21(25)26/h6-8,10,12,15,17,19,23H,2-5,9,11,13-14H2,1H3,(H,25,26)/b12-10+/t17?,19-/m1/s1. The fraction of sp³-hybridized carbons (Fsp3) is 0.524. The SMILES string of the molecule is COc1cccc([C@H](O)/C=C/C2CCC(=O)N2CCCCCCC(=O)O)c1. The fourth-order valence-corrected chi connectivity index (χ4v) is 3.33. The van der Waals surface area contributed by atoms with E-state index in [0.717, 1.165) is 31.2 Å². The molecule has 0 aromatic heterocycles. The molecule has 2 N–H and O–H groups in total. The van der Waals surface area contributed by atoms with Crippen LogP contribution in [-0.4, -0.2) is 46.7 Å². The highest BCUT2D eigenvalue weighted by atomic mass is 16.5. The zero-order chi connectivity index (χ0) is 19.6. The zero-order valence-electron chi connectivity index (χ0n) is 15.8. The summed E-state index contributed by atoms with van der Waals surface area (Å²) in [6, 6.07) is 7.31. The van der Waals surface area contributed by atoms with E-state index in [2.05, 4.69) is 0 Å². The molecular weight excluding hydrogens is 346 g/mol. The highest BCUT2D eigenvalue weighted by molar-refractivity contribution is 5.79. The predicted octanol–water partition coefficient (Wildman–Crippen LogP) is 3.31. The maximum atomic E-state index is 12.1. The second kappa shape index (κ2) is 10.7. The molecule has 1 aliphatic rings. The van der Waals surface area contributed by atoms with Crippen molar-refractivity contribution in [2.24, 2.45) is 0 Å². The minimum absolute atomic E-state index is 0.0109. The van der Waals surface area contributed by atoms with Crippen LogP contribution < -0.4 is 4.74 Å². The van der Waals surface area contributed by atoms with Gasteiger partial charge in [-0.05, 0) is 37.0 Å². The third kappa shape index (κ3) is 6.71. The molecule has 1 aromatic rings. The second-order valence-corrected chi connectivity index (χ2v) is 6.86. The average Bonchev–Trinajstić information content (AvgIpc) is 3.02. The summed E-state index contributed by atoms with van der Waals surface area (Å²) in [5, 5.41) is 19.0. The zero-order valence-corrected chi connectivity index (χ0v) is 15.8. The van der Waals surface area contributed by atoms with Crippen LogP contribution in [0.3, 0.4) is 0 Å². The van der Waals surface area contributed by atoms with Gasteiger partial charge in [0.2, 0.25) is 5.91 Å². The Morgan fingerprint density at radius 3 is 2.85 bits per heavy atom. The molecule has 0 radical (unpaired) electrons. The summed E-state index contributed by atoms with van der Waals surface area (Å²) in [5.41, 5.74) is 0.750. The van der Waals surface area contributed by atoms with Gasteiger partial charge in [-0.1, -0.05) is 37.1 Å². The van der Waals surface area contributed by atoms with Gasteiger partial charge in [0, 0.05) is 19.4 Å². The van der Waals surface area contributed by atoms with E-state index in [-0.39, 0.29) is 18.4 Å². The van der Waals surface area contributed by atoms with E-state index in [1.165, 1.54) is 0 Å². The molecule has 1 amide bonds. The number of ether oxygens (including phenoxy) is 1. The van der Waals surface area contributed by atoms with Crippen molar-refractivity contribution < 1.29 is 24.5 Å². The number of aliphatic hydroxyl groups is 1. The van der Waals surface area contributed by atoms with Crippen LogP contribution in [0.4, 0.5) is 0 Å². The van der Waals surface area contributed by atoms with Gasteiger partial charge in [-0.25, -0.2) is 0 Å². The Morgan fingerprint density at radius 1 is 1.33 bits per heavy atom. The van der Waals surface area contributed by atoms with E-state index in [1.54, 1.807) is 19.3 Å². The molecule has 0 saturated carbocycles. The lowest BCUT2D eigenvalue weighted by atomic mass is 10.1. The summed E-state index contributed by atoms with van der Waals surface area (Å²) < 4.78 is 5.18. The first-order valence-corrected chi connectivity index (χ1v) is 9.53. The topological polar surface area (TPSA) is 87.1 Å². The summed E-state index contributed by atoms with van der Waals surface area (Å²) in [7, 11) is 1.59. The number of methoxy groups -OCH3 is 1. The number of carbonyl (C=O) groups is 2. The first-order chi connectivity index (χ1) is 13.0. The minimum atomic E-state index is -0.760. The molecule has 1 fully saturated rings. The number of carboxylic acids is 1. The summed E-state index contributed by atoms with van der Waals surface area (Å²) >= 11 is 0. The van der Waals surface area contributed by atoms with Gasteiger partial charge in [-0.15, -0.1) is 0 Å². The Bertz CT molecular complexity index is 658. The van der Waals surface area contributed by atoms with Crippen LogP contribution in [-0.2, 0) is 9.59 Å². The number of hydrogen-bond donors (Lipinski definition) is 2. The number of unbranched alkanes of at least 4 members (excludes halogenated alkanes) is 3. The maximum absolute atomic E-state index is 12.1. The first-order valence-electron chi connectivity index (χ1n) is 9.53. The fourth-order valence-electron chi connectivity index (χ4n) is 3.33. The van der Waals surface area contributed by atoms with Gasteiger partial charge in [0.15, 0.2) is 0 Å². The van der Waals surface area contributed by atoms with E-state index in [4.69, 9.17) is 9.84 Å². The lowest BCUT2D eigenvalue weighted by molar-refractivity contribution is -0.137. The van der Waals surface area contributed by atoms with Crippen molar-refractivity contribution in [2.45, 2.75) is 57.1 Å². The Balaban J connectivity index is 1.83. The Labute approximate surface area is 160 Å². The molecule has 2 atom stereocenters. The summed E-state index contributed by atoms with van der Waals surface area (Å²) in [6.45, 7) is 0.677. The van der Waals surface area contributed by atoms with Gasteiger partial charge in [0.05, 0.1) is 19.3 Å². The van der Waals surface area contributed by atoms with E-state index >= 15 is 0 Å². The van der Waals surface area contributed by atoms with Crippen molar-refractivity contribution in [3.63, 3.8) is 0 Å². The van der Waals surface area contributed by atoms with Gasteiger partial charge in [0.1, 0.15) is 5.75 Å². The number of amides is 1. The van der Waals surface area contributed by atoms with E-state index in [9.17, 15) is 14.7 Å². The van der Waals surface area contributed by atoms with Gasteiger partial charge < -0.3 is 19.8 Å². The first kappa shape index (κ1) is 21.0. The number of carbonyl (C=O) groups excluding carboxylic acids is 1. The number of carboxylic acid groups (broad SMARTS) is 1. The van der Waals surface area contributed by atoms with Crippen molar-refractivity contribution in [3.8, 4) is 5.75 Å². The molecule has 6 nitrogen and oxygen atoms in total. The summed E-state index contributed by atoms with van der Waals surface area (Å²) in [6.07, 6.45) is 7.74. The highest BCUT2D eigenvalue weighted by Gasteiger charge is 2.28. The van der Waals surface area contributed by atoms with Crippen LogP contribution >= 0.6 is 0 Å². The Morgan fingerprint density at radius 2 is 2.11 bits per heavy atom. The normalized spacial score (nSPS) is 18.2. The quantitative estimate of drug-likeness (QED) is 0.458. The Kier molecular flexibility index (Phi) is 8.33. The highest BCUT2D eigenvalue weighted by Crippen LogP contribution is 2.24. The molecule has 6 heteroatoms. The van der Waals surface area contributed by atoms with Gasteiger partial charge in [-0.3, -0.25) is 9.59 Å². The lowest BCUT2D eigenvalue weighted by Gasteiger charge is -2.22. The number of hydrogen-bond acceptors (Lipinski definition) is 4. The van der Waals surface area contributed by atoms with Gasteiger partial charge >= 0.3 is 5.97 Å². The van der Waals surface area contributed by atoms with Crippen LogP contribution in [0.25, 0.3) is 0 Å². The maximum Gasteiger partial charge on any atom is 0.303 e. The molecule has 27 heavy (non-hydrogen) atoms. The third-order valence-corrected chi connectivity index (χ3v) is 4.87. The van der Waals surface area contributed by atoms with Crippen molar-refractivity contribution >= 4 is 11.9 Å². The van der Waals surface area contributed by atoms with Gasteiger partial charge in [-0.2, -0.15) is 0 Å². The largest absolute Gasteiger partial charge is 0.497 e. The van der Waals surface area contributed by atoms with Crippen LogP contribution in [0, 0.1) is 0 Å². The molecule has 1 aliphatic heterocycles. The molecule has 148 valence electrons. The molecule has 1 heterocycles. The van der Waals surface area contributed by atoms with Crippen LogP contribution in [0.2, 0.25) is 0 Å². The summed E-state index contributed by atoms with van der Waals surface area (Å²) in [4.78, 5) is 24.5. The van der Waals surface area contributed by atoms with Crippen LogP contribution in [0.5, 0.6) is 5.75 Å². The van der Waals surface area contributed by atoms with E-state index < -0.39 is 12.1 Å². The number of likely N-dealkylation sites (tertiary alicyclic amines) is 1. The molecule has 1 aromatic carbocycles. The third-order valence-electron chi connectivity index (χ3n) is 4.87. The molecular formula is C21H29NO5. The molecule has 0 spiro atoms. The molecule has 2 rings (SSSR count). The number of benzene rings is 1. The van der Waals surface area contributed by atoms with Crippen molar-refractivity contribution in [2.75, 3.05) is 13.7 Å². The predicted molar refractivity (Wildman–Crippen MR) is 103 cm³/mol. The smallest absolute Gasteiger partial charge is 0.303 e. The lowest BCUT2D eigenvalue weighted by Crippen LogP contribution is -2.32. The molecule has 0 aliphatic carbocycles. The molecule has 1 saturated heterocycles. The van der Waals surface area contributed by atoms with E-state index in [1.807, 2.05) is 29.2 Å². The number of aliphatic carboxylic acids is 1. The Hall–Kier alpha value is -2.34. The minimum Gasteiger partial charge on any atom is -0.497 e. The van der Waals surface area contributed by atoms with Crippen molar-refractivity contribution in [3.05, 3.63) is 42.0 Å². The monoisotopic (exact) mass is 375 g/mol. The second-order valence-electron chi connectivity index (χ2n) is 6.86.